The van der Waals surface area contributed by atoms with Gasteiger partial charge in [0.15, 0.2) is 0 Å². The molecule has 0 saturated heterocycles. The van der Waals surface area contributed by atoms with E-state index in [2.05, 4.69) is 275 Å². The lowest BCUT2D eigenvalue weighted by Gasteiger charge is -2.35. The Labute approximate surface area is 379 Å². The minimum Gasteiger partial charge on any atom is -0.333 e. The SMILES string of the molecule is CC12C=CC=CC1N(c1cc(-c3cc(N(c4ccccc4)c4ccccc4)cc(N(c4ccccc4)c4ccccc4)c3)nc(-n3c4ccccc4c4ccccc43)c1)c1ccccc12. The summed E-state index contributed by atoms with van der Waals surface area (Å²) in [5.74, 6) is 0.856. The molecule has 2 unspecified atom stereocenters. The van der Waals surface area contributed by atoms with E-state index in [-0.39, 0.29) is 11.5 Å². The van der Waals surface area contributed by atoms with Crippen LogP contribution in [-0.2, 0) is 5.41 Å². The standard InChI is InChI=1S/C60H45N5/c1-60-37-21-20-36-58(60)64(57-35-19-16-32-53(57)60)50-41-54(61-59(42-50)65-55-33-17-14-30-51(55)52-31-15-18-34-56(52)65)43-38-48(62(44-22-6-2-7-23-44)45-24-8-3-9-25-45)40-49(39-43)63(46-26-10-4-11-27-46)47-28-12-5-13-29-47/h2-42,58H,1H3. The summed E-state index contributed by atoms with van der Waals surface area (Å²) in [4.78, 5) is 13.0. The molecule has 65 heavy (non-hydrogen) atoms. The summed E-state index contributed by atoms with van der Waals surface area (Å²) in [6, 6.07) is 80.5. The van der Waals surface area contributed by atoms with Gasteiger partial charge in [0.2, 0.25) is 0 Å². The van der Waals surface area contributed by atoms with Gasteiger partial charge in [-0.15, -0.1) is 0 Å². The van der Waals surface area contributed by atoms with E-state index < -0.39 is 0 Å². The van der Waals surface area contributed by atoms with Gasteiger partial charge in [-0.05, 0) is 103 Å². The molecule has 12 rings (SSSR count). The molecule has 5 nitrogen and oxygen atoms in total. The van der Waals surface area contributed by atoms with Gasteiger partial charge in [-0.1, -0.05) is 152 Å². The van der Waals surface area contributed by atoms with Gasteiger partial charge in [-0.2, -0.15) is 0 Å². The fraction of sp³-hybridized carbons (Fsp3) is 0.0500. The number of hydrogen-bond acceptors (Lipinski definition) is 4. The van der Waals surface area contributed by atoms with Crippen molar-refractivity contribution in [1.82, 2.24) is 9.55 Å². The fourth-order valence-corrected chi connectivity index (χ4v) is 10.2. The molecular weight excluding hydrogens is 791 g/mol. The minimum absolute atomic E-state index is 0.0614. The van der Waals surface area contributed by atoms with E-state index in [1.54, 1.807) is 0 Å². The highest BCUT2D eigenvalue weighted by molar-refractivity contribution is 6.09. The molecule has 2 aromatic heterocycles. The van der Waals surface area contributed by atoms with Gasteiger partial charge in [-0.25, -0.2) is 4.98 Å². The number of hydrogen-bond donors (Lipinski definition) is 0. The molecule has 310 valence electrons. The summed E-state index contributed by atoms with van der Waals surface area (Å²) in [6.07, 6.45) is 9.11. The molecule has 2 atom stereocenters. The third-order valence-corrected chi connectivity index (χ3v) is 13.1. The Hall–Kier alpha value is -8.41. The number of rotatable bonds is 9. The van der Waals surface area contributed by atoms with Crippen molar-refractivity contribution in [2.24, 2.45) is 0 Å². The largest absolute Gasteiger partial charge is 0.333 e. The Morgan fingerprint density at radius 3 is 1.48 bits per heavy atom. The van der Waals surface area contributed by atoms with Gasteiger partial charge >= 0.3 is 0 Å². The van der Waals surface area contributed by atoms with Crippen LogP contribution < -0.4 is 14.7 Å². The summed E-state index contributed by atoms with van der Waals surface area (Å²) in [5, 5.41) is 2.40. The first-order valence-electron chi connectivity index (χ1n) is 22.3. The molecule has 0 spiro atoms. The maximum atomic E-state index is 5.75. The predicted molar refractivity (Wildman–Crippen MR) is 271 cm³/mol. The highest BCUT2D eigenvalue weighted by Crippen LogP contribution is 2.52. The van der Waals surface area contributed by atoms with Gasteiger partial charge in [0, 0.05) is 73.3 Å². The van der Waals surface area contributed by atoms with Crippen LogP contribution in [0.25, 0.3) is 38.9 Å². The Kier molecular flexibility index (Phi) is 9.27. The lowest BCUT2D eigenvalue weighted by molar-refractivity contribution is 0.550. The summed E-state index contributed by atoms with van der Waals surface area (Å²) in [5.41, 5.74) is 13.7. The summed E-state index contributed by atoms with van der Waals surface area (Å²) < 4.78 is 2.35. The highest BCUT2D eigenvalue weighted by Gasteiger charge is 2.46. The molecule has 8 aromatic carbocycles. The number of fused-ring (bicyclic) bond motifs is 6. The van der Waals surface area contributed by atoms with Crippen LogP contribution in [0, 0.1) is 0 Å². The first kappa shape index (κ1) is 38.3. The number of anilines is 8. The van der Waals surface area contributed by atoms with E-state index in [1.807, 2.05) is 0 Å². The van der Waals surface area contributed by atoms with Crippen molar-refractivity contribution in [2.75, 3.05) is 14.7 Å². The van der Waals surface area contributed by atoms with Crippen molar-refractivity contribution >= 4 is 67.3 Å². The first-order chi connectivity index (χ1) is 32.1. The summed E-state index contributed by atoms with van der Waals surface area (Å²) >= 11 is 0. The second-order valence-corrected chi connectivity index (χ2v) is 17.0. The quantitative estimate of drug-likeness (QED) is 0.145. The van der Waals surface area contributed by atoms with Crippen LogP contribution >= 0.6 is 0 Å². The highest BCUT2D eigenvalue weighted by atomic mass is 15.2. The number of para-hydroxylation sites is 7. The van der Waals surface area contributed by atoms with Crippen LogP contribution in [0.5, 0.6) is 0 Å². The zero-order valence-corrected chi connectivity index (χ0v) is 36.0. The average molecular weight is 836 g/mol. The van der Waals surface area contributed by atoms with Gasteiger partial charge in [-0.3, -0.25) is 4.57 Å². The summed E-state index contributed by atoms with van der Waals surface area (Å²) in [7, 11) is 0. The van der Waals surface area contributed by atoms with Crippen molar-refractivity contribution in [3.05, 3.63) is 254 Å². The molecule has 2 aliphatic rings. The number of nitrogens with zero attached hydrogens (tertiary/aromatic N) is 5. The van der Waals surface area contributed by atoms with E-state index in [1.165, 1.54) is 22.0 Å². The second-order valence-electron chi connectivity index (χ2n) is 17.0. The van der Waals surface area contributed by atoms with Crippen LogP contribution in [-0.4, -0.2) is 15.6 Å². The van der Waals surface area contributed by atoms with Crippen molar-refractivity contribution in [3.8, 4) is 17.1 Å². The molecule has 3 heterocycles. The van der Waals surface area contributed by atoms with Crippen LogP contribution in [0.15, 0.2) is 249 Å². The van der Waals surface area contributed by atoms with Crippen LogP contribution in [0.4, 0.5) is 45.5 Å². The molecule has 0 fully saturated rings. The molecule has 0 radical (unpaired) electrons. The number of aromatic nitrogens is 2. The molecular formula is C60H45N5. The van der Waals surface area contributed by atoms with Crippen molar-refractivity contribution in [2.45, 2.75) is 18.4 Å². The lowest BCUT2D eigenvalue weighted by Crippen LogP contribution is -2.39. The Balaban J connectivity index is 1.16. The average Bonchev–Trinajstić information content (AvgIpc) is 3.85. The maximum absolute atomic E-state index is 5.75. The first-order valence-corrected chi connectivity index (χ1v) is 22.3. The van der Waals surface area contributed by atoms with Gasteiger partial charge in [0.05, 0.1) is 22.8 Å². The monoisotopic (exact) mass is 835 g/mol. The number of pyridine rings is 1. The lowest BCUT2D eigenvalue weighted by atomic mass is 9.76. The summed E-state index contributed by atoms with van der Waals surface area (Å²) in [6.45, 7) is 2.37. The predicted octanol–water partition coefficient (Wildman–Crippen LogP) is 15.7. The normalized spacial score (nSPS) is 16.1. The minimum atomic E-state index is -0.216. The molecule has 1 aliphatic carbocycles. The Morgan fingerprint density at radius 2 is 0.938 bits per heavy atom. The van der Waals surface area contributed by atoms with E-state index >= 15 is 0 Å². The zero-order valence-electron chi connectivity index (χ0n) is 36.0. The van der Waals surface area contributed by atoms with Crippen molar-refractivity contribution in [3.63, 3.8) is 0 Å². The van der Waals surface area contributed by atoms with Gasteiger partial charge in [0.1, 0.15) is 5.82 Å². The third-order valence-electron chi connectivity index (χ3n) is 13.1. The van der Waals surface area contributed by atoms with E-state index in [0.717, 1.165) is 67.9 Å². The van der Waals surface area contributed by atoms with Crippen LogP contribution in [0.3, 0.4) is 0 Å². The van der Waals surface area contributed by atoms with Gasteiger partial charge in [0.25, 0.3) is 0 Å². The molecule has 0 amide bonds. The zero-order chi connectivity index (χ0) is 43.3. The van der Waals surface area contributed by atoms with Crippen molar-refractivity contribution in [1.29, 1.82) is 0 Å². The maximum Gasteiger partial charge on any atom is 0.140 e. The Morgan fingerprint density at radius 1 is 0.462 bits per heavy atom. The number of allylic oxidation sites excluding steroid dienone is 2. The molecule has 0 N–H and O–H groups in total. The van der Waals surface area contributed by atoms with Crippen molar-refractivity contribution < 1.29 is 0 Å². The molecule has 1 aliphatic heterocycles. The number of benzene rings is 8. The van der Waals surface area contributed by atoms with E-state index in [4.69, 9.17) is 4.98 Å². The van der Waals surface area contributed by atoms with E-state index in [9.17, 15) is 0 Å². The Bertz CT molecular complexity index is 3180. The fourth-order valence-electron chi connectivity index (χ4n) is 10.2. The second kappa shape index (κ2) is 15.7. The molecule has 0 saturated carbocycles. The smallest absolute Gasteiger partial charge is 0.140 e. The molecule has 10 aromatic rings. The molecule has 5 heteroatoms. The molecule has 0 bridgehead atoms. The topological polar surface area (TPSA) is 27.5 Å². The third kappa shape index (κ3) is 6.51. The van der Waals surface area contributed by atoms with Crippen LogP contribution in [0.2, 0.25) is 0 Å². The van der Waals surface area contributed by atoms with E-state index in [0.29, 0.717) is 0 Å². The van der Waals surface area contributed by atoms with Gasteiger partial charge < -0.3 is 14.7 Å². The van der Waals surface area contributed by atoms with Crippen LogP contribution in [0.1, 0.15) is 12.5 Å².